The van der Waals surface area contributed by atoms with Crippen LogP contribution in [0.25, 0.3) is 0 Å². The average Bonchev–Trinajstić information content (AvgIpc) is 2.21. The summed E-state index contributed by atoms with van der Waals surface area (Å²) in [5.41, 5.74) is 0. The second-order valence-corrected chi connectivity index (χ2v) is 4.41. The van der Waals surface area contributed by atoms with E-state index in [0.717, 1.165) is 29.8 Å². The third-order valence-corrected chi connectivity index (χ3v) is 2.85. The van der Waals surface area contributed by atoms with Gasteiger partial charge in [-0.15, -0.1) is 0 Å². The first-order valence-electron chi connectivity index (χ1n) is 4.86. The number of hydrogen-bond acceptors (Lipinski definition) is 3. The third-order valence-electron chi connectivity index (χ3n) is 2.06. The molecular formula is C10H14BrClN2O. The zero-order valence-corrected chi connectivity index (χ0v) is 10.9. The van der Waals surface area contributed by atoms with E-state index in [-0.39, 0.29) is 6.61 Å². The van der Waals surface area contributed by atoms with Gasteiger partial charge in [0.25, 0.3) is 0 Å². The number of rotatable bonds is 5. The fourth-order valence-corrected chi connectivity index (χ4v) is 2.20. The Hall–Kier alpha value is -0.320. The van der Waals surface area contributed by atoms with Crippen molar-refractivity contribution < 1.29 is 5.11 Å². The van der Waals surface area contributed by atoms with Gasteiger partial charge in [-0.2, -0.15) is 0 Å². The van der Waals surface area contributed by atoms with E-state index in [4.69, 9.17) is 16.7 Å². The monoisotopic (exact) mass is 292 g/mol. The lowest BCUT2D eigenvalue weighted by atomic mass is 10.3. The Labute approximate surface area is 103 Å². The molecule has 0 aromatic carbocycles. The van der Waals surface area contributed by atoms with Crippen molar-refractivity contribution in [3.63, 3.8) is 0 Å². The molecule has 0 fully saturated rings. The van der Waals surface area contributed by atoms with Crippen molar-refractivity contribution in [3.05, 3.63) is 21.8 Å². The summed E-state index contributed by atoms with van der Waals surface area (Å²) < 4.78 is 0.884. The summed E-state index contributed by atoms with van der Waals surface area (Å²) in [5, 5.41) is 9.41. The van der Waals surface area contributed by atoms with Gasteiger partial charge in [0.15, 0.2) is 0 Å². The van der Waals surface area contributed by atoms with Crippen molar-refractivity contribution in [1.82, 2.24) is 4.98 Å². The molecule has 1 aromatic rings. The summed E-state index contributed by atoms with van der Waals surface area (Å²) in [6.07, 6.45) is 2.37. The van der Waals surface area contributed by atoms with E-state index in [1.54, 1.807) is 6.20 Å². The second kappa shape index (κ2) is 6.30. The summed E-state index contributed by atoms with van der Waals surface area (Å²) in [4.78, 5) is 6.36. The highest BCUT2D eigenvalue weighted by molar-refractivity contribution is 9.10. The molecule has 0 saturated carbocycles. The van der Waals surface area contributed by atoms with Crippen molar-refractivity contribution in [2.75, 3.05) is 24.6 Å². The first-order valence-corrected chi connectivity index (χ1v) is 6.03. The van der Waals surface area contributed by atoms with Gasteiger partial charge in [-0.1, -0.05) is 11.6 Å². The molecule has 0 saturated heterocycles. The Morgan fingerprint density at radius 2 is 2.33 bits per heavy atom. The van der Waals surface area contributed by atoms with E-state index in [1.807, 2.05) is 6.07 Å². The van der Waals surface area contributed by atoms with Gasteiger partial charge in [-0.05, 0) is 35.3 Å². The highest BCUT2D eigenvalue weighted by Gasteiger charge is 2.09. The number of hydrogen-bond donors (Lipinski definition) is 1. The number of nitrogens with zero attached hydrogens (tertiary/aromatic N) is 2. The molecule has 1 heterocycles. The summed E-state index contributed by atoms with van der Waals surface area (Å²) in [6.45, 7) is 3.90. The van der Waals surface area contributed by atoms with Crippen LogP contribution in [0.1, 0.15) is 13.3 Å². The van der Waals surface area contributed by atoms with Gasteiger partial charge in [0.2, 0.25) is 0 Å². The van der Waals surface area contributed by atoms with Gasteiger partial charge in [0, 0.05) is 25.9 Å². The Morgan fingerprint density at radius 1 is 1.60 bits per heavy atom. The molecule has 15 heavy (non-hydrogen) atoms. The highest BCUT2D eigenvalue weighted by Crippen LogP contribution is 2.26. The van der Waals surface area contributed by atoms with Crippen LogP contribution in [-0.2, 0) is 0 Å². The number of pyridine rings is 1. The molecule has 0 unspecified atom stereocenters. The minimum atomic E-state index is 0.196. The molecule has 0 spiro atoms. The lowest BCUT2D eigenvalue weighted by molar-refractivity contribution is 0.289. The molecule has 0 atom stereocenters. The van der Waals surface area contributed by atoms with Gasteiger partial charge < -0.3 is 10.0 Å². The average molecular weight is 294 g/mol. The maximum absolute atomic E-state index is 8.79. The van der Waals surface area contributed by atoms with E-state index in [0.29, 0.717) is 5.02 Å². The standard InChI is InChI=1S/C10H14BrClN2O/c1-2-14(4-3-5-15)10-9(11)6-8(12)7-13-10/h6-7,15H,2-5H2,1H3. The topological polar surface area (TPSA) is 36.4 Å². The van der Waals surface area contributed by atoms with Crippen LogP contribution in [0.2, 0.25) is 5.02 Å². The molecule has 5 heteroatoms. The van der Waals surface area contributed by atoms with Crippen LogP contribution in [0.15, 0.2) is 16.7 Å². The van der Waals surface area contributed by atoms with E-state index in [2.05, 4.69) is 32.7 Å². The number of aliphatic hydroxyl groups excluding tert-OH is 1. The van der Waals surface area contributed by atoms with Gasteiger partial charge in [-0.3, -0.25) is 0 Å². The largest absolute Gasteiger partial charge is 0.396 e. The van der Waals surface area contributed by atoms with Gasteiger partial charge in [-0.25, -0.2) is 4.98 Å². The maximum atomic E-state index is 8.79. The summed E-state index contributed by atoms with van der Waals surface area (Å²) in [7, 11) is 0. The Morgan fingerprint density at radius 3 is 2.87 bits per heavy atom. The molecule has 1 N–H and O–H groups in total. The van der Waals surface area contributed by atoms with E-state index < -0.39 is 0 Å². The zero-order valence-electron chi connectivity index (χ0n) is 8.58. The minimum absolute atomic E-state index is 0.196. The van der Waals surface area contributed by atoms with Crippen molar-refractivity contribution in [2.45, 2.75) is 13.3 Å². The van der Waals surface area contributed by atoms with Crippen LogP contribution in [0.5, 0.6) is 0 Å². The molecule has 3 nitrogen and oxygen atoms in total. The number of aliphatic hydroxyl groups is 1. The lowest BCUT2D eigenvalue weighted by Gasteiger charge is -2.22. The SMILES string of the molecule is CCN(CCCO)c1ncc(Cl)cc1Br. The van der Waals surface area contributed by atoms with Crippen molar-refractivity contribution >= 4 is 33.3 Å². The van der Waals surface area contributed by atoms with E-state index in [9.17, 15) is 0 Å². The van der Waals surface area contributed by atoms with Gasteiger partial charge in [0.05, 0.1) is 9.50 Å². The Bertz CT molecular complexity index is 322. The number of anilines is 1. The van der Waals surface area contributed by atoms with Crippen LogP contribution in [0, 0.1) is 0 Å². The molecule has 1 aromatic heterocycles. The summed E-state index contributed by atoms with van der Waals surface area (Å²) in [6, 6.07) is 1.82. The normalized spacial score (nSPS) is 10.4. The fraction of sp³-hybridized carbons (Fsp3) is 0.500. The van der Waals surface area contributed by atoms with Crippen LogP contribution in [0.3, 0.4) is 0 Å². The molecule has 84 valence electrons. The number of aromatic nitrogens is 1. The first-order chi connectivity index (χ1) is 7.19. The highest BCUT2D eigenvalue weighted by atomic mass is 79.9. The van der Waals surface area contributed by atoms with Gasteiger partial charge >= 0.3 is 0 Å². The first kappa shape index (κ1) is 12.7. The van der Waals surface area contributed by atoms with Crippen LogP contribution in [-0.4, -0.2) is 29.8 Å². The van der Waals surface area contributed by atoms with Crippen molar-refractivity contribution in [1.29, 1.82) is 0 Å². The predicted octanol–water partition coefficient (Wildman–Crippen LogP) is 2.71. The van der Waals surface area contributed by atoms with Crippen molar-refractivity contribution in [3.8, 4) is 0 Å². The molecule has 0 aliphatic heterocycles. The predicted molar refractivity (Wildman–Crippen MR) is 66.5 cm³/mol. The number of halogens is 2. The van der Waals surface area contributed by atoms with Crippen LogP contribution < -0.4 is 4.90 Å². The molecule has 0 aliphatic carbocycles. The molecule has 0 radical (unpaired) electrons. The van der Waals surface area contributed by atoms with E-state index in [1.165, 1.54) is 0 Å². The maximum Gasteiger partial charge on any atom is 0.142 e. The molecule has 0 aliphatic rings. The fourth-order valence-electron chi connectivity index (χ4n) is 1.32. The van der Waals surface area contributed by atoms with Crippen molar-refractivity contribution in [2.24, 2.45) is 0 Å². The van der Waals surface area contributed by atoms with Crippen LogP contribution in [0.4, 0.5) is 5.82 Å². The molecule has 1 rings (SSSR count). The van der Waals surface area contributed by atoms with Crippen LogP contribution >= 0.6 is 27.5 Å². The second-order valence-electron chi connectivity index (χ2n) is 3.12. The lowest BCUT2D eigenvalue weighted by Crippen LogP contribution is -2.25. The third kappa shape index (κ3) is 3.63. The quantitative estimate of drug-likeness (QED) is 0.907. The molecular weight excluding hydrogens is 279 g/mol. The van der Waals surface area contributed by atoms with Gasteiger partial charge in [0.1, 0.15) is 5.82 Å². The van der Waals surface area contributed by atoms with E-state index >= 15 is 0 Å². The summed E-state index contributed by atoms with van der Waals surface area (Å²) in [5.74, 6) is 0.871. The Balaban J connectivity index is 2.81. The molecule has 0 bridgehead atoms. The Kier molecular flexibility index (Phi) is 5.36. The molecule has 0 amide bonds. The smallest absolute Gasteiger partial charge is 0.142 e. The minimum Gasteiger partial charge on any atom is -0.396 e. The summed E-state index contributed by atoms with van der Waals surface area (Å²) >= 11 is 9.25. The zero-order chi connectivity index (χ0) is 11.3.